The molecule has 0 aliphatic heterocycles. The van der Waals surface area contributed by atoms with E-state index in [1.165, 1.54) is 24.0 Å². The number of benzene rings is 1. The van der Waals surface area contributed by atoms with Crippen LogP contribution < -0.4 is 5.32 Å². The van der Waals surface area contributed by atoms with Crippen molar-refractivity contribution in [1.82, 2.24) is 15.1 Å². The van der Waals surface area contributed by atoms with Crippen LogP contribution in [0, 0.1) is 0 Å². The number of aryl methyl sites for hydroxylation is 1. The van der Waals surface area contributed by atoms with Gasteiger partial charge in [0.1, 0.15) is 0 Å². The highest BCUT2D eigenvalue weighted by Crippen LogP contribution is 2.56. The summed E-state index contributed by atoms with van der Waals surface area (Å²) in [5.74, 6) is 0. The Morgan fingerprint density at radius 3 is 2.65 bits per heavy atom. The summed E-state index contributed by atoms with van der Waals surface area (Å²) in [6, 6.07) is 11.2. The molecule has 3 heteroatoms. The topological polar surface area (TPSA) is 29.9 Å². The smallest absolute Gasteiger partial charge is 0.0537 e. The highest BCUT2D eigenvalue weighted by Gasteiger charge is 2.50. The standard InChI is InChI=1S/C17H23N3/c1-3-11-20-13-14(12-19-20)16(18-2)17(9-10-17)15-7-5-4-6-8-15/h4-8,12-13,16,18H,3,9-11H2,1-2H3. The van der Waals surface area contributed by atoms with Crippen molar-refractivity contribution in [1.29, 1.82) is 0 Å². The molecule has 2 aromatic rings. The van der Waals surface area contributed by atoms with E-state index in [-0.39, 0.29) is 5.41 Å². The van der Waals surface area contributed by atoms with Crippen molar-refractivity contribution in [2.75, 3.05) is 7.05 Å². The van der Waals surface area contributed by atoms with Crippen molar-refractivity contribution in [3.63, 3.8) is 0 Å². The molecule has 0 radical (unpaired) electrons. The number of aromatic nitrogens is 2. The Hall–Kier alpha value is -1.61. The molecule has 1 aromatic heterocycles. The summed E-state index contributed by atoms with van der Waals surface area (Å²) in [5.41, 5.74) is 3.01. The van der Waals surface area contributed by atoms with Gasteiger partial charge >= 0.3 is 0 Å². The monoisotopic (exact) mass is 269 g/mol. The van der Waals surface area contributed by atoms with Crippen LogP contribution in [0.15, 0.2) is 42.7 Å². The first-order valence-electron chi connectivity index (χ1n) is 7.55. The second-order valence-electron chi connectivity index (χ2n) is 5.78. The lowest BCUT2D eigenvalue weighted by molar-refractivity contribution is 0.462. The van der Waals surface area contributed by atoms with E-state index in [2.05, 4.69) is 65.6 Å². The molecule has 3 nitrogen and oxygen atoms in total. The van der Waals surface area contributed by atoms with E-state index in [0.717, 1.165) is 13.0 Å². The zero-order chi connectivity index (χ0) is 14.0. The van der Waals surface area contributed by atoms with Crippen molar-refractivity contribution in [2.45, 2.75) is 44.2 Å². The molecule has 0 amide bonds. The number of nitrogens with zero attached hydrogens (tertiary/aromatic N) is 2. The highest BCUT2D eigenvalue weighted by molar-refractivity contribution is 5.37. The molecular formula is C17H23N3. The van der Waals surface area contributed by atoms with Gasteiger partial charge in [-0.05, 0) is 31.9 Å². The van der Waals surface area contributed by atoms with E-state index < -0.39 is 0 Å². The van der Waals surface area contributed by atoms with Gasteiger partial charge in [-0.15, -0.1) is 0 Å². The molecule has 1 aromatic carbocycles. The second-order valence-corrected chi connectivity index (χ2v) is 5.78. The van der Waals surface area contributed by atoms with Crippen LogP contribution in [0.2, 0.25) is 0 Å². The van der Waals surface area contributed by atoms with Crippen LogP contribution in [0.5, 0.6) is 0 Å². The normalized spacial score (nSPS) is 17.9. The van der Waals surface area contributed by atoms with Crippen molar-refractivity contribution in [3.8, 4) is 0 Å². The minimum Gasteiger partial charge on any atom is -0.312 e. The first kappa shape index (κ1) is 13.4. The van der Waals surface area contributed by atoms with E-state index >= 15 is 0 Å². The van der Waals surface area contributed by atoms with Gasteiger partial charge in [0.2, 0.25) is 0 Å². The Morgan fingerprint density at radius 1 is 1.30 bits per heavy atom. The molecule has 0 saturated heterocycles. The highest BCUT2D eigenvalue weighted by atomic mass is 15.3. The molecule has 1 fully saturated rings. The quantitative estimate of drug-likeness (QED) is 0.872. The first-order chi connectivity index (χ1) is 9.80. The van der Waals surface area contributed by atoms with Crippen LogP contribution in [-0.4, -0.2) is 16.8 Å². The number of likely N-dealkylation sites (N-methyl/N-ethyl adjacent to an activating group) is 1. The van der Waals surface area contributed by atoms with Crippen LogP contribution in [0.25, 0.3) is 0 Å². The van der Waals surface area contributed by atoms with Gasteiger partial charge < -0.3 is 5.32 Å². The molecule has 1 N–H and O–H groups in total. The predicted molar refractivity (Wildman–Crippen MR) is 81.7 cm³/mol. The Morgan fingerprint density at radius 2 is 2.05 bits per heavy atom. The fourth-order valence-electron chi connectivity index (χ4n) is 3.29. The third-order valence-corrected chi connectivity index (χ3v) is 4.42. The largest absolute Gasteiger partial charge is 0.312 e. The van der Waals surface area contributed by atoms with Crippen molar-refractivity contribution < 1.29 is 0 Å². The molecule has 3 rings (SSSR count). The third kappa shape index (κ3) is 2.27. The summed E-state index contributed by atoms with van der Waals surface area (Å²) in [6.07, 6.45) is 7.85. The van der Waals surface area contributed by atoms with Gasteiger partial charge in [-0.3, -0.25) is 4.68 Å². The van der Waals surface area contributed by atoms with E-state index in [1.54, 1.807) is 0 Å². The first-order valence-corrected chi connectivity index (χ1v) is 7.55. The number of hydrogen-bond donors (Lipinski definition) is 1. The fourth-order valence-corrected chi connectivity index (χ4v) is 3.29. The van der Waals surface area contributed by atoms with E-state index in [0.29, 0.717) is 6.04 Å². The third-order valence-electron chi connectivity index (χ3n) is 4.42. The lowest BCUT2D eigenvalue weighted by Crippen LogP contribution is -2.29. The van der Waals surface area contributed by atoms with Crippen LogP contribution in [0.4, 0.5) is 0 Å². The average molecular weight is 269 g/mol. The Bertz CT molecular complexity index is 555. The minimum atomic E-state index is 0.260. The van der Waals surface area contributed by atoms with Gasteiger partial charge in [0, 0.05) is 29.8 Å². The Balaban J connectivity index is 1.89. The molecule has 1 saturated carbocycles. The summed E-state index contributed by atoms with van der Waals surface area (Å²) in [5, 5.41) is 8.01. The Kier molecular flexibility index (Phi) is 3.62. The summed E-state index contributed by atoms with van der Waals surface area (Å²) >= 11 is 0. The van der Waals surface area contributed by atoms with Gasteiger partial charge in [0.25, 0.3) is 0 Å². The van der Waals surface area contributed by atoms with E-state index in [9.17, 15) is 0 Å². The van der Waals surface area contributed by atoms with Gasteiger partial charge in [0.05, 0.1) is 6.20 Å². The van der Waals surface area contributed by atoms with Gasteiger partial charge in [0.15, 0.2) is 0 Å². The number of nitrogens with one attached hydrogen (secondary N) is 1. The van der Waals surface area contributed by atoms with Gasteiger partial charge in [-0.1, -0.05) is 37.3 Å². The van der Waals surface area contributed by atoms with Gasteiger partial charge in [-0.25, -0.2) is 0 Å². The predicted octanol–water partition coefficient (Wildman–Crippen LogP) is 3.29. The van der Waals surface area contributed by atoms with Crippen LogP contribution in [-0.2, 0) is 12.0 Å². The number of rotatable bonds is 6. The zero-order valence-corrected chi connectivity index (χ0v) is 12.3. The average Bonchev–Trinajstić information content (AvgIpc) is 3.16. The minimum absolute atomic E-state index is 0.260. The maximum absolute atomic E-state index is 4.49. The summed E-state index contributed by atoms with van der Waals surface area (Å²) in [6.45, 7) is 3.18. The van der Waals surface area contributed by atoms with Crippen LogP contribution in [0.1, 0.15) is 43.4 Å². The zero-order valence-electron chi connectivity index (χ0n) is 12.3. The van der Waals surface area contributed by atoms with Crippen molar-refractivity contribution in [2.24, 2.45) is 0 Å². The van der Waals surface area contributed by atoms with Crippen molar-refractivity contribution in [3.05, 3.63) is 53.9 Å². The van der Waals surface area contributed by atoms with E-state index in [1.807, 2.05) is 6.20 Å². The maximum Gasteiger partial charge on any atom is 0.0537 e. The van der Waals surface area contributed by atoms with Crippen LogP contribution >= 0.6 is 0 Å². The molecule has 1 unspecified atom stereocenters. The van der Waals surface area contributed by atoms with Crippen LogP contribution in [0.3, 0.4) is 0 Å². The lowest BCUT2D eigenvalue weighted by Gasteiger charge is -2.26. The molecule has 0 bridgehead atoms. The van der Waals surface area contributed by atoms with Gasteiger partial charge in [-0.2, -0.15) is 5.10 Å². The summed E-state index contributed by atoms with van der Waals surface area (Å²) < 4.78 is 2.06. The van der Waals surface area contributed by atoms with Crippen molar-refractivity contribution >= 4 is 0 Å². The lowest BCUT2D eigenvalue weighted by atomic mass is 9.85. The molecule has 106 valence electrons. The fraction of sp³-hybridized carbons (Fsp3) is 0.471. The second kappa shape index (κ2) is 5.41. The SMILES string of the molecule is CCCn1cc(C(NC)C2(c3ccccc3)CC2)cn1. The number of hydrogen-bond acceptors (Lipinski definition) is 2. The summed E-state index contributed by atoms with van der Waals surface area (Å²) in [7, 11) is 2.06. The van der Waals surface area contributed by atoms with E-state index in [4.69, 9.17) is 0 Å². The molecule has 20 heavy (non-hydrogen) atoms. The molecule has 0 spiro atoms. The molecule has 1 aliphatic rings. The molecule has 1 heterocycles. The Labute approximate surface area is 121 Å². The molecule has 1 atom stereocenters. The molecule has 1 aliphatic carbocycles. The summed E-state index contributed by atoms with van der Waals surface area (Å²) in [4.78, 5) is 0. The molecular weight excluding hydrogens is 246 g/mol. The maximum atomic E-state index is 4.49.